The molecule has 3 aromatic heterocycles. The highest BCUT2D eigenvalue weighted by atomic mass is 35.5. The van der Waals surface area contributed by atoms with E-state index in [0.29, 0.717) is 42.2 Å². The van der Waals surface area contributed by atoms with Crippen molar-refractivity contribution in [3.8, 4) is 0 Å². The summed E-state index contributed by atoms with van der Waals surface area (Å²) in [6.45, 7) is 1.06. The van der Waals surface area contributed by atoms with Crippen LogP contribution in [0, 0.1) is 5.82 Å². The number of nitrogens with one attached hydrogen (secondary N) is 1. The molecule has 0 radical (unpaired) electrons. The summed E-state index contributed by atoms with van der Waals surface area (Å²) < 4.78 is 14.4. The Labute approximate surface area is 148 Å². The van der Waals surface area contributed by atoms with Gasteiger partial charge in [-0.25, -0.2) is 19.3 Å². The molecule has 1 aliphatic rings. The molecule has 3 aromatic rings. The summed E-state index contributed by atoms with van der Waals surface area (Å²) >= 11 is 5.75. The zero-order chi connectivity index (χ0) is 17.4. The first-order valence-corrected chi connectivity index (χ1v) is 8.39. The van der Waals surface area contributed by atoms with Gasteiger partial charge in [0.05, 0.1) is 11.2 Å². The zero-order valence-corrected chi connectivity index (χ0v) is 14.0. The van der Waals surface area contributed by atoms with Gasteiger partial charge in [-0.1, -0.05) is 11.6 Å². The Balaban J connectivity index is 1.51. The van der Waals surface area contributed by atoms with Crippen molar-refractivity contribution in [3.63, 3.8) is 0 Å². The predicted octanol–water partition coefficient (Wildman–Crippen LogP) is 3.17. The largest absolute Gasteiger partial charge is 0.346 e. The van der Waals surface area contributed by atoms with Gasteiger partial charge < -0.3 is 9.88 Å². The average molecular weight is 360 g/mol. The second-order valence-corrected chi connectivity index (χ2v) is 6.49. The molecule has 0 bridgehead atoms. The van der Waals surface area contributed by atoms with Gasteiger partial charge in [-0.2, -0.15) is 0 Å². The number of rotatable bonds is 2. The molecule has 128 valence electrons. The van der Waals surface area contributed by atoms with Crippen molar-refractivity contribution in [2.75, 3.05) is 13.1 Å². The van der Waals surface area contributed by atoms with Crippen LogP contribution in [-0.2, 0) is 0 Å². The lowest BCUT2D eigenvalue weighted by Gasteiger charge is -2.32. The van der Waals surface area contributed by atoms with Crippen molar-refractivity contribution in [2.24, 2.45) is 0 Å². The number of nitrogens with zero attached hydrogens (tertiary/aromatic N) is 4. The Bertz CT molecular complexity index is 918. The second-order valence-electron chi connectivity index (χ2n) is 6.05. The lowest BCUT2D eigenvalue weighted by atomic mass is 9.88. The van der Waals surface area contributed by atoms with Crippen LogP contribution in [-0.4, -0.2) is 43.8 Å². The van der Waals surface area contributed by atoms with E-state index in [1.807, 2.05) is 6.07 Å². The van der Waals surface area contributed by atoms with E-state index in [1.54, 1.807) is 11.1 Å². The number of amides is 1. The number of piperidine rings is 1. The normalized spacial score (nSPS) is 15.7. The number of hydrogen-bond donors (Lipinski definition) is 1. The van der Waals surface area contributed by atoms with Gasteiger partial charge in [-0.15, -0.1) is 0 Å². The van der Waals surface area contributed by atoms with Crippen molar-refractivity contribution in [2.45, 2.75) is 18.8 Å². The summed E-state index contributed by atoms with van der Waals surface area (Å²) in [7, 11) is 0. The van der Waals surface area contributed by atoms with Crippen LogP contribution in [0.3, 0.4) is 0 Å². The molecule has 0 spiro atoms. The second kappa shape index (κ2) is 6.40. The molecule has 4 rings (SSSR count). The molecule has 1 saturated heterocycles. The van der Waals surface area contributed by atoms with Crippen LogP contribution in [0.4, 0.5) is 4.39 Å². The third-order valence-corrected chi connectivity index (χ3v) is 4.78. The minimum absolute atomic E-state index is 0.0523. The number of likely N-dealkylation sites (tertiary alicyclic amines) is 1. The highest BCUT2D eigenvalue weighted by Crippen LogP contribution is 2.34. The highest BCUT2D eigenvalue weighted by molar-refractivity contribution is 6.30. The molecule has 25 heavy (non-hydrogen) atoms. The molecule has 0 aromatic carbocycles. The predicted molar refractivity (Wildman–Crippen MR) is 91.0 cm³/mol. The number of aromatic nitrogens is 4. The van der Waals surface area contributed by atoms with E-state index in [2.05, 4.69) is 19.9 Å². The molecule has 0 atom stereocenters. The quantitative estimate of drug-likeness (QED) is 0.762. The van der Waals surface area contributed by atoms with Gasteiger partial charge in [0.25, 0.3) is 5.91 Å². The summed E-state index contributed by atoms with van der Waals surface area (Å²) in [6, 6.07) is 1.85. The van der Waals surface area contributed by atoms with Crippen LogP contribution in [0.1, 0.15) is 34.9 Å². The van der Waals surface area contributed by atoms with Gasteiger partial charge >= 0.3 is 0 Å². The molecule has 1 aliphatic heterocycles. The molecule has 1 amide bonds. The summed E-state index contributed by atoms with van der Waals surface area (Å²) in [6.07, 6.45) is 7.19. The number of hydrogen-bond acceptors (Lipinski definition) is 4. The molecular formula is C17H15ClFN5O. The Kier molecular flexibility index (Phi) is 4.09. The van der Waals surface area contributed by atoms with E-state index in [-0.39, 0.29) is 23.5 Å². The Morgan fingerprint density at radius 1 is 1.20 bits per heavy atom. The van der Waals surface area contributed by atoms with Crippen molar-refractivity contribution in [3.05, 3.63) is 53.1 Å². The summed E-state index contributed by atoms with van der Waals surface area (Å²) in [5, 5.41) is 1.20. The van der Waals surface area contributed by atoms with Gasteiger partial charge in [0, 0.05) is 42.6 Å². The minimum Gasteiger partial charge on any atom is -0.346 e. The van der Waals surface area contributed by atoms with Crippen molar-refractivity contribution in [1.29, 1.82) is 0 Å². The summed E-state index contributed by atoms with van der Waals surface area (Å²) in [5.41, 5.74) is 1.37. The highest BCUT2D eigenvalue weighted by Gasteiger charge is 2.28. The number of carbonyl (C=O) groups is 1. The Morgan fingerprint density at radius 3 is 2.64 bits per heavy atom. The van der Waals surface area contributed by atoms with Gasteiger partial charge in [0.15, 0.2) is 0 Å². The van der Waals surface area contributed by atoms with Crippen LogP contribution in [0.2, 0.25) is 5.02 Å². The average Bonchev–Trinajstić information content (AvgIpc) is 3.10. The fraction of sp³-hybridized carbons (Fsp3) is 0.294. The van der Waals surface area contributed by atoms with Crippen molar-refractivity contribution >= 4 is 28.5 Å². The van der Waals surface area contributed by atoms with E-state index in [9.17, 15) is 9.18 Å². The first kappa shape index (κ1) is 16.0. The number of pyridine rings is 1. The maximum absolute atomic E-state index is 14.4. The molecule has 1 N–H and O–H groups in total. The summed E-state index contributed by atoms with van der Waals surface area (Å²) in [4.78, 5) is 29.2. The van der Waals surface area contributed by atoms with Crippen LogP contribution in [0.15, 0.2) is 30.9 Å². The standard InChI is InChI=1S/C17H15ClFN5O/c18-11-7-21-16(22-8-11)17(25)24-5-2-10(3-6-24)14-12-1-4-20-15(12)23-9-13(14)19/h1,4,7-10H,2-3,5-6H2,(H,20,23). The van der Waals surface area contributed by atoms with E-state index in [4.69, 9.17) is 11.6 Å². The van der Waals surface area contributed by atoms with Crippen LogP contribution >= 0.6 is 11.6 Å². The van der Waals surface area contributed by atoms with E-state index in [0.717, 1.165) is 5.39 Å². The molecule has 8 heteroatoms. The first-order valence-electron chi connectivity index (χ1n) is 8.02. The third kappa shape index (κ3) is 2.95. The number of aromatic amines is 1. The van der Waals surface area contributed by atoms with E-state index in [1.165, 1.54) is 18.6 Å². The zero-order valence-electron chi connectivity index (χ0n) is 13.2. The lowest BCUT2D eigenvalue weighted by Crippen LogP contribution is -2.38. The molecule has 6 nitrogen and oxygen atoms in total. The number of fused-ring (bicyclic) bond motifs is 1. The minimum atomic E-state index is -0.294. The number of halogens is 2. The van der Waals surface area contributed by atoms with Gasteiger partial charge in [-0.3, -0.25) is 4.79 Å². The molecule has 0 unspecified atom stereocenters. The van der Waals surface area contributed by atoms with Crippen molar-refractivity contribution in [1.82, 2.24) is 24.8 Å². The Hall–Kier alpha value is -2.54. The number of H-pyrrole nitrogens is 1. The fourth-order valence-corrected chi connectivity index (χ4v) is 3.45. The van der Waals surface area contributed by atoms with E-state index >= 15 is 0 Å². The van der Waals surface area contributed by atoms with Gasteiger partial charge in [-0.05, 0) is 24.8 Å². The van der Waals surface area contributed by atoms with Crippen LogP contribution in [0.25, 0.3) is 11.0 Å². The first-order chi connectivity index (χ1) is 12.1. The monoisotopic (exact) mass is 359 g/mol. The Morgan fingerprint density at radius 2 is 1.92 bits per heavy atom. The van der Waals surface area contributed by atoms with Crippen LogP contribution < -0.4 is 0 Å². The van der Waals surface area contributed by atoms with Gasteiger partial charge in [0.1, 0.15) is 11.5 Å². The van der Waals surface area contributed by atoms with Crippen molar-refractivity contribution < 1.29 is 9.18 Å². The van der Waals surface area contributed by atoms with Gasteiger partial charge in [0.2, 0.25) is 5.82 Å². The smallest absolute Gasteiger partial charge is 0.291 e. The SMILES string of the molecule is O=C(c1ncc(Cl)cn1)N1CCC(c2c(F)cnc3[nH]ccc23)CC1. The molecular weight excluding hydrogens is 345 g/mol. The topological polar surface area (TPSA) is 74.8 Å². The van der Waals surface area contributed by atoms with Crippen LogP contribution in [0.5, 0.6) is 0 Å². The maximum Gasteiger partial charge on any atom is 0.291 e. The molecule has 4 heterocycles. The molecule has 0 aliphatic carbocycles. The molecule has 0 saturated carbocycles. The third-order valence-electron chi connectivity index (χ3n) is 4.58. The lowest BCUT2D eigenvalue weighted by molar-refractivity contribution is 0.0700. The van der Waals surface area contributed by atoms with E-state index < -0.39 is 0 Å². The fourth-order valence-electron chi connectivity index (χ4n) is 3.35. The summed E-state index contributed by atoms with van der Waals surface area (Å²) in [5.74, 6) is -0.336. The molecule has 1 fully saturated rings. The maximum atomic E-state index is 14.4. The number of carbonyl (C=O) groups excluding carboxylic acids is 1.